The highest BCUT2D eigenvalue weighted by molar-refractivity contribution is 9.10. The van der Waals surface area contributed by atoms with Crippen LogP contribution in [0.2, 0.25) is 4.34 Å². The summed E-state index contributed by atoms with van der Waals surface area (Å²) in [4.78, 5) is 20.4. The minimum absolute atomic E-state index is 0.127. The van der Waals surface area contributed by atoms with E-state index in [1.165, 1.54) is 24.2 Å². The van der Waals surface area contributed by atoms with Crippen molar-refractivity contribution in [1.82, 2.24) is 9.97 Å². The van der Waals surface area contributed by atoms with E-state index in [1.807, 2.05) is 6.07 Å². The van der Waals surface area contributed by atoms with Gasteiger partial charge in [0, 0.05) is 10.4 Å². The summed E-state index contributed by atoms with van der Waals surface area (Å²) in [5, 5.41) is 0. The highest BCUT2D eigenvalue weighted by Gasteiger charge is 2.23. The maximum atomic E-state index is 12.1. The lowest BCUT2D eigenvalue weighted by molar-refractivity contribution is 0.688. The maximum absolute atomic E-state index is 12.1. The van der Waals surface area contributed by atoms with Crippen LogP contribution in [0.3, 0.4) is 0 Å². The number of thiophene rings is 1. The summed E-state index contributed by atoms with van der Waals surface area (Å²) in [6, 6.07) is 1.89. The Bertz CT molecular complexity index is 687. The van der Waals surface area contributed by atoms with Gasteiger partial charge in [0.15, 0.2) is 5.82 Å². The first-order chi connectivity index (χ1) is 9.56. The first-order valence-corrected chi connectivity index (χ1v) is 9.09. The zero-order valence-corrected chi connectivity index (χ0v) is 15.1. The van der Waals surface area contributed by atoms with Crippen molar-refractivity contribution in [1.29, 1.82) is 0 Å². The lowest BCUT2D eigenvalue weighted by Crippen LogP contribution is -2.15. The number of nitrogens with one attached hydrogen (secondary N) is 1. The van der Waals surface area contributed by atoms with Crippen molar-refractivity contribution in [3.05, 3.63) is 35.4 Å². The summed E-state index contributed by atoms with van der Waals surface area (Å²) in [6.07, 6.45) is 4.61. The molecule has 3 nitrogen and oxygen atoms in total. The molecular weight excluding hydrogens is 427 g/mol. The van der Waals surface area contributed by atoms with Crippen molar-refractivity contribution in [3.8, 4) is 10.7 Å². The van der Waals surface area contributed by atoms with Gasteiger partial charge in [-0.25, -0.2) is 4.98 Å². The second-order valence-corrected chi connectivity index (χ2v) is 8.13. The second kappa shape index (κ2) is 5.91. The van der Waals surface area contributed by atoms with Crippen molar-refractivity contribution < 1.29 is 0 Å². The molecule has 1 aliphatic rings. The Labute approximate surface area is 142 Å². The average molecular weight is 439 g/mol. The number of halogens is 3. The average Bonchev–Trinajstić information content (AvgIpc) is 3.04. The molecule has 2 aromatic rings. The summed E-state index contributed by atoms with van der Waals surface area (Å²) >= 11 is 14.2. The Morgan fingerprint density at radius 3 is 2.65 bits per heavy atom. The van der Waals surface area contributed by atoms with E-state index in [0.29, 0.717) is 20.6 Å². The third-order valence-electron chi connectivity index (χ3n) is 3.51. The van der Waals surface area contributed by atoms with Crippen LogP contribution < -0.4 is 5.56 Å². The second-order valence-electron chi connectivity index (χ2n) is 4.83. The molecule has 1 fully saturated rings. The molecule has 0 unspecified atom stereocenters. The van der Waals surface area contributed by atoms with E-state index in [0.717, 1.165) is 27.9 Å². The van der Waals surface area contributed by atoms with E-state index in [2.05, 4.69) is 41.8 Å². The predicted octanol–water partition coefficient (Wildman–Crippen LogP) is 5.33. The van der Waals surface area contributed by atoms with Crippen LogP contribution in [-0.4, -0.2) is 9.97 Å². The molecule has 2 heterocycles. The summed E-state index contributed by atoms with van der Waals surface area (Å²) in [5.41, 5.74) is 0.749. The van der Waals surface area contributed by atoms with Gasteiger partial charge in [-0.15, -0.1) is 11.3 Å². The number of aromatic nitrogens is 2. The van der Waals surface area contributed by atoms with Gasteiger partial charge in [-0.2, -0.15) is 0 Å². The van der Waals surface area contributed by atoms with Crippen LogP contribution in [0.25, 0.3) is 10.7 Å². The van der Waals surface area contributed by atoms with Crippen LogP contribution in [0.1, 0.15) is 37.3 Å². The molecule has 1 aliphatic carbocycles. The standard InChI is InChI=1S/C13H11Br2ClN2OS/c14-7-5-8(20-11(7)16)12-17-10(6-3-1-2-4-6)9(15)13(19)18-12/h5-6H,1-4H2,(H,17,18,19). The van der Waals surface area contributed by atoms with E-state index >= 15 is 0 Å². The Hall–Kier alpha value is -0.170. The molecule has 0 saturated heterocycles. The fourth-order valence-corrected chi connectivity index (χ4v) is 4.68. The maximum Gasteiger partial charge on any atom is 0.265 e. The van der Waals surface area contributed by atoms with Gasteiger partial charge >= 0.3 is 0 Å². The predicted molar refractivity (Wildman–Crippen MR) is 89.8 cm³/mol. The van der Waals surface area contributed by atoms with Gasteiger partial charge in [0.05, 0.1) is 10.6 Å². The molecule has 106 valence electrons. The van der Waals surface area contributed by atoms with Crippen LogP contribution in [0, 0.1) is 0 Å². The molecule has 0 bridgehead atoms. The lowest BCUT2D eigenvalue weighted by Gasteiger charge is -2.11. The van der Waals surface area contributed by atoms with Crippen LogP contribution in [0.5, 0.6) is 0 Å². The molecule has 0 radical (unpaired) electrons. The van der Waals surface area contributed by atoms with Gasteiger partial charge in [-0.3, -0.25) is 4.79 Å². The van der Waals surface area contributed by atoms with Crippen LogP contribution in [-0.2, 0) is 0 Å². The normalized spacial score (nSPS) is 15.9. The van der Waals surface area contributed by atoms with Gasteiger partial charge in [0.2, 0.25) is 0 Å². The largest absolute Gasteiger partial charge is 0.305 e. The Morgan fingerprint density at radius 1 is 1.35 bits per heavy atom. The van der Waals surface area contributed by atoms with Crippen LogP contribution >= 0.6 is 54.8 Å². The number of rotatable bonds is 2. The van der Waals surface area contributed by atoms with Crippen molar-refractivity contribution >= 4 is 54.8 Å². The summed E-state index contributed by atoms with van der Waals surface area (Å²) in [6.45, 7) is 0. The molecule has 0 aromatic carbocycles. The van der Waals surface area contributed by atoms with Crippen molar-refractivity contribution in [3.63, 3.8) is 0 Å². The Kier molecular flexibility index (Phi) is 4.36. The first-order valence-electron chi connectivity index (χ1n) is 6.31. The minimum Gasteiger partial charge on any atom is -0.305 e. The Morgan fingerprint density at radius 2 is 2.05 bits per heavy atom. The highest BCUT2D eigenvalue weighted by atomic mass is 79.9. The van der Waals surface area contributed by atoms with Crippen LogP contribution in [0.15, 0.2) is 19.8 Å². The molecule has 3 rings (SSSR count). The number of hydrogen-bond donors (Lipinski definition) is 1. The van der Waals surface area contributed by atoms with Gasteiger partial charge in [0.1, 0.15) is 8.81 Å². The van der Waals surface area contributed by atoms with Crippen molar-refractivity contribution in [2.45, 2.75) is 31.6 Å². The zero-order valence-electron chi connectivity index (χ0n) is 10.4. The van der Waals surface area contributed by atoms with Crippen LogP contribution in [0.4, 0.5) is 0 Å². The molecule has 0 amide bonds. The quantitative estimate of drug-likeness (QED) is 0.688. The monoisotopic (exact) mass is 436 g/mol. The number of H-pyrrole nitrogens is 1. The van der Waals surface area contributed by atoms with E-state index in [-0.39, 0.29) is 5.56 Å². The van der Waals surface area contributed by atoms with E-state index in [9.17, 15) is 4.79 Å². The molecule has 1 saturated carbocycles. The SMILES string of the molecule is O=c1[nH]c(-c2cc(Br)c(Cl)s2)nc(C2CCCC2)c1Br. The fourth-order valence-electron chi connectivity index (χ4n) is 2.53. The van der Waals surface area contributed by atoms with E-state index in [1.54, 1.807) is 0 Å². The molecule has 20 heavy (non-hydrogen) atoms. The lowest BCUT2D eigenvalue weighted by atomic mass is 10.0. The van der Waals surface area contributed by atoms with Crippen molar-refractivity contribution in [2.75, 3.05) is 0 Å². The number of aromatic amines is 1. The summed E-state index contributed by atoms with van der Waals surface area (Å²) in [7, 11) is 0. The van der Waals surface area contributed by atoms with E-state index in [4.69, 9.17) is 11.6 Å². The summed E-state index contributed by atoms with van der Waals surface area (Å²) in [5.74, 6) is 0.974. The van der Waals surface area contributed by atoms with Gasteiger partial charge in [-0.1, -0.05) is 24.4 Å². The molecule has 0 atom stereocenters. The van der Waals surface area contributed by atoms with Gasteiger partial charge < -0.3 is 4.98 Å². The molecule has 1 N–H and O–H groups in total. The van der Waals surface area contributed by atoms with Crippen molar-refractivity contribution in [2.24, 2.45) is 0 Å². The first kappa shape index (κ1) is 14.8. The Balaban J connectivity index is 2.10. The topological polar surface area (TPSA) is 45.8 Å². The van der Waals surface area contributed by atoms with Gasteiger partial charge in [-0.05, 0) is 50.8 Å². The number of nitrogens with zero attached hydrogens (tertiary/aromatic N) is 1. The summed E-state index contributed by atoms with van der Waals surface area (Å²) < 4.78 is 2.05. The van der Waals surface area contributed by atoms with E-state index < -0.39 is 0 Å². The molecular formula is C13H11Br2ClN2OS. The third-order valence-corrected chi connectivity index (χ3v) is 6.76. The zero-order chi connectivity index (χ0) is 14.3. The fraction of sp³-hybridized carbons (Fsp3) is 0.385. The highest BCUT2D eigenvalue weighted by Crippen LogP contribution is 2.39. The van der Waals surface area contributed by atoms with Gasteiger partial charge in [0.25, 0.3) is 5.56 Å². The third kappa shape index (κ3) is 2.75. The minimum atomic E-state index is -0.127. The molecule has 0 spiro atoms. The smallest absolute Gasteiger partial charge is 0.265 e. The molecule has 7 heteroatoms. The molecule has 0 aliphatic heterocycles. The number of hydrogen-bond acceptors (Lipinski definition) is 3. The molecule has 2 aromatic heterocycles.